The van der Waals surface area contributed by atoms with Crippen LogP contribution >= 0.6 is 0 Å². The molecular weight excluding hydrogens is 212 g/mol. The average Bonchev–Trinajstić information content (AvgIpc) is 2.71. The van der Waals surface area contributed by atoms with Gasteiger partial charge in [-0.1, -0.05) is 12.8 Å². The number of methoxy groups -OCH3 is 1. The first-order valence-electron chi connectivity index (χ1n) is 7.00. The van der Waals surface area contributed by atoms with E-state index < -0.39 is 0 Å². The van der Waals surface area contributed by atoms with Crippen molar-refractivity contribution in [1.82, 2.24) is 10.2 Å². The molecule has 1 saturated heterocycles. The highest BCUT2D eigenvalue weighted by molar-refractivity contribution is 5.05. The van der Waals surface area contributed by atoms with Gasteiger partial charge in [0.15, 0.2) is 0 Å². The third-order valence-electron chi connectivity index (χ3n) is 4.65. The van der Waals surface area contributed by atoms with Crippen LogP contribution in [0.1, 0.15) is 46.5 Å². The summed E-state index contributed by atoms with van der Waals surface area (Å²) in [5, 5.41) is 3.83. The molecule has 1 aliphatic carbocycles. The van der Waals surface area contributed by atoms with Crippen LogP contribution in [-0.2, 0) is 4.74 Å². The van der Waals surface area contributed by atoms with E-state index in [1.807, 2.05) is 0 Å². The summed E-state index contributed by atoms with van der Waals surface area (Å²) in [4.78, 5) is 2.65. The highest BCUT2D eigenvalue weighted by Gasteiger charge is 2.45. The lowest BCUT2D eigenvalue weighted by Gasteiger charge is -2.53. The maximum atomic E-state index is 5.34. The van der Waals surface area contributed by atoms with Crippen molar-refractivity contribution >= 4 is 0 Å². The van der Waals surface area contributed by atoms with Gasteiger partial charge in [0.25, 0.3) is 0 Å². The molecule has 17 heavy (non-hydrogen) atoms. The smallest absolute Gasteiger partial charge is 0.0615 e. The normalized spacial score (nSPS) is 29.6. The minimum absolute atomic E-state index is 0.242. The van der Waals surface area contributed by atoms with E-state index in [4.69, 9.17) is 4.74 Å². The van der Waals surface area contributed by atoms with Crippen LogP contribution in [0.15, 0.2) is 0 Å². The molecule has 1 N–H and O–H groups in total. The molecule has 100 valence electrons. The van der Waals surface area contributed by atoms with Crippen LogP contribution in [0.25, 0.3) is 0 Å². The lowest BCUT2D eigenvalue weighted by Crippen LogP contribution is -2.69. The highest BCUT2D eigenvalue weighted by Crippen LogP contribution is 2.36. The molecule has 2 rings (SSSR count). The Morgan fingerprint density at radius 2 is 1.94 bits per heavy atom. The SMILES string of the molecule is COCC(C)N1CC2(CCCC2)NCC1(C)C. The zero-order valence-corrected chi connectivity index (χ0v) is 11.9. The topological polar surface area (TPSA) is 24.5 Å². The molecule has 2 fully saturated rings. The minimum Gasteiger partial charge on any atom is -0.383 e. The van der Waals surface area contributed by atoms with E-state index >= 15 is 0 Å². The third kappa shape index (κ3) is 2.67. The van der Waals surface area contributed by atoms with Gasteiger partial charge in [0.1, 0.15) is 0 Å². The quantitative estimate of drug-likeness (QED) is 0.817. The maximum Gasteiger partial charge on any atom is 0.0615 e. The van der Waals surface area contributed by atoms with E-state index in [1.165, 1.54) is 32.2 Å². The zero-order valence-electron chi connectivity index (χ0n) is 11.9. The van der Waals surface area contributed by atoms with Crippen molar-refractivity contribution in [3.05, 3.63) is 0 Å². The monoisotopic (exact) mass is 240 g/mol. The summed E-state index contributed by atoms with van der Waals surface area (Å²) in [6.07, 6.45) is 5.47. The predicted octanol–water partition coefficient (Wildman–Crippen LogP) is 2.02. The number of rotatable bonds is 3. The van der Waals surface area contributed by atoms with Crippen molar-refractivity contribution in [2.45, 2.75) is 63.6 Å². The fourth-order valence-corrected chi connectivity index (χ4v) is 3.57. The van der Waals surface area contributed by atoms with Gasteiger partial charge < -0.3 is 10.1 Å². The molecule has 0 aromatic rings. The molecule has 2 aliphatic rings. The molecule has 1 unspecified atom stereocenters. The Bertz CT molecular complexity index is 259. The second-order valence-electron chi connectivity index (χ2n) is 6.59. The number of hydrogen-bond donors (Lipinski definition) is 1. The first-order chi connectivity index (χ1) is 7.99. The lowest BCUT2D eigenvalue weighted by molar-refractivity contribution is -0.0240. The average molecular weight is 240 g/mol. The number of ether oxygens (including phenoxy) is 1. The molecule has 0 bridgehead atoms. The molecule has 1 spiro atoms. The largest absolute Gasteiger partial charge is 0.383 e. The van der Waals surface area contributed by atoms with Crippen LogP contribution in [0.3, 0.4) is 0 Å². The third-order valence-corrected chi connectivity index (χ3v) is 4.65. The van der Waals surface area contributed by atoms with Gasteiger partial charge in [-0.2, -0.15) is 0 Å². The molecule has 1 aliphatic heterocycles. The number of piperazine rings is 1. The Kier molecular flexibility index (Phi) is 3.81. The molecule has 3 heteroatoms. The fourth-order valence-electron chi connectivity index (χ4n) is 3.57. The molecule has 1 saturated carbocycles. The van der Waals surface area contributed by atoms with Crippen molar-refractivity contribution in [3.8, 4) is 0 Å². The van der Waals surface area contributed by atoms with Gasteiger partial charge in [0, 0.05) is 37.3 Å². The standard InChI is InChI=1S/C14H28N2O/c1-12(9-17-4)16-11-14(7-5-6-8-14)15-10-13(16,2)3/h12,15H,5-11H2,1-4H3. The van der Waals surface area contributed by atoms with Crippen LogP contribution in [0.2, 0.25) is 0 Å². The maximum absolute atomic E-state index is 5.34. The van der Waals surface area contributed by atoms with Crippen LogP contribution in [0.5, 0.6) is 0 Å². The second kappa shape index (κ2) is 4.87. The van der Waals surface area contributed by atoms with Crippen molar-refractivity contribution in [3.63, 3.8) is 0 Å². The van der Waals surface area contributed by atoms with Crippen LogP contribution in [-0.4, -0.2) is 48.8 Å². The summed E-state index contributed by atoms with van der Waals surface area (Å²) < 4.78 is 5.34. The number of nitrogens with zero attached hydrogens (tertiary/aromatic N) is 1. The zero-order chi connectivity index (χ0) is 12.5. The Hall–Kier alpha value is -0.120. The molecule has 3 nitrogen and oxygen atoms in total. The van der Waals surface area contributed by atoms with Crippen LogP contribution in [0, 0.1) is 0 Å². The molecule has 0 aromatic heterocycles. The van der Waals surface area contributed by atoms with Gasteiger partial charge in [-0.25, -0.2) is 0 Å². The highest BCUT2D eigenvalue weighted by atomic mass is 16.5. The molecular formula is C14H28N2O. The molecule has 1 heterocycles. The van der Waals surface area contributed by atoms with Crippen molar-refractivity contribution in [2.75, 3.05) is 26.8 Å². The summed E-state index contributed by atoms with van der Waals surface area (Å²) in [6, 6.07) is 0.509. The molecule has 0 aromatic carbocycles. The van der Waals surface area contributed by atoms with E-state index in [2.05, 4.69) is 31.0 Å². The summed E-state index contributed by atoms with van der Waals surface area (Å²) in [5.41, 5.74) is 0.642. The van der Waals surface area contributed by atoms with Gasteiger partial charge in [-0.15, -0.1) is 0 Å². The summed E-state index contributed by atoms with van der Waals surface area (Å²) in [5.74, 6) is 0. The predicted molar refractivity (Wildman–Crippen MR) is 71.3 cm³/mol. The van der Waals surface area contributed by atoms with Gasteiger partial charge >= 0.3 is 0 Å². The second-order valence-corrected chi connectivity index (χ2v) is 6.59. The van der Waals surface area contributed by atoms with Crippen molar-refractivity contribution < 1.29 is 4.74 Å². The van der Waals surface area contributed by atoms with Crippen molar-refractivity contribution in [2.24, 2.45) is 0 Å². The fraction of sp³-hybridized carbons (Fsp3) is 1.00. The van der Waals surface area contributed by atoms with Crippen LogP contribution in [0.4, 0.5) is 0 Å². The van der Waals surface area contributed by atoms with Gasteiger partial charge in [0.05, 0.1) is 6.61 Å². The Morgan fingerprint density at radius 3 is 2.53 bits per heavy atom. The lowest BCUT2D eigenvalue weighted by atomic mass is 9.86. The van der Waals surface area contributed by atoms with Crippen LogP contribution < -0.4 is 5.32 Å². The van der Waals surface area contributed by atoms with Gasteiger partial charge in [-0.3, -0.25) is 4.90 Å². The Balaban J connectivity index is 2.08. The summed E-state index contributed by atoms with van der Waals surface area (Å²) >= 11 is 0. The van der Waals surface area contributed by atoms with Gasteiger partial charge in [0.2, 0.25) is 0 Å². The van der Waals surface area contributed by atoms with Gasteiger partial charge in [-0.05, 0) is 33.6 Å². The summed E-state index contributed by atoms with van der Waals surface area (Å²) in [6.45, 7) is 10.1. The van der Waals surface area contributed by atoms with E-state index in [1.54, 1.807) is 7.11 Å². The van der Waals surface area contributed by atoms with E-state index in [9.17, 15) is 0 Å². The van der Waals surface area contributed by atoms with E-state index in [0.29, 0.717) is 11.6 Å². The Morgan fingerprint density at radius 1 is 1.29 bits per heavy atom. The Labute approximate surface area is 106 Å². The minimum atomic E-state index is 0.242. The van der Waals surface area contributed by atoms with E-state index in [0.717, 1.165) is 13.2 Å². The summed E-state index contributed by atoms with van der Waals surface area (Å²) in [7, 11) is 1.80. The first kappa shape index (κ1) is 13.3. The molecule has 0 amide bonds. The number of hydrogen-bond acceptors (Lipinski definition) is 3. The number of nitrogens with one attached hydrogen (secondary N) is 1. The van der Waals surface area contributed by atoms with Crippen molar-refractivity contribution in [1.29, 1.82) is 0 Å². The first-order valence-corrected chi connectivity index (χ1v) is 7.00. The molecule has 0 radical (unpaired) electrons. The van der Waals surface area contributed by atoms with E-state index in [-0.39, 0.29) is 5.54 Å². The molecule has 1 atom stereocenters.